The van der Waals surface area contributed by atoms with Crippen LogP contribution in [0.5, 0.6) is 5.75 Å². The van der Waals surface area contributed by atoms with Gasteiger partial charge in [-0.1, -0.05) is 0 Å². The molecule has 0 aromatic heterocycles. The van der Waals surface area contributed by atoms with Gasteiger partial charge in [0, 0.05) is 12.1 Å². The molecule has 2 aliphatic rings. The van der Waals surface area contributed by atoms with E-state index in [4.69, 9.17) is 9.47 Å². The second-order valence-electron chi connectivity index (χ2n) is 6.29. The molecule has 0 aliphatic carbocycles. The van der Waals surface area contributed by atoms with E-state index in [0.717, 1.165) is 12.8 Å². The van der Waals surface area contributed by atoms with Gasteiger partial charge in [-0.2, -0.15) is 0 Å². The van der Waals surface area contributed by atoms with Gasteiger partial charge in [0.25, 0.3) is 0 Å². The van der Waals surface area contributed by atoms with Crippen LogP contribution in [0.1, 0.15) is 32.6 Å². The number of benzene rings is 1. The summed E-state index contributed by atoms with van der Waals surface area (Å²) in [6.07, 6.45) is 3.49. The number of fused-ring (bicyclic) bond motifs is 2. The van der Waals surface area contributed by atoms with Crippen molar-refractivity contribution in [2.75, 3.05) is 7.05 Å². The Labute approximate surface area is 130 Å². The predicted molar refractivity (Wildman–Crippen MR) is 80.2 cm³/mol. The molecule has 0 radical (unpaired) electrons. The molecule has 2 aliphatic heterocycles. The Hall–Kier alpha value is -1.62. The van der Waals surface area contributed by atoms with E-state index in [1.165, 1.54) is 37.1 Å². The van der Waals surface area contributed by atoms with E-state index in [1.807, 2.05) is 0 Å². The van der Waals surface area contributed by atoms with Gasteiger partial charge < -0.3 is 14.4 Å². The first-order valence-corrected chi connectivity index (χ1v) is 7.87. The number of hydrogen-bond acceptors (Lipinski definition) is 4. The number of esters is 1. The van der Waals surface area contributed by atoms with Gasteiger partial charge in [0.1, 0.15) is 17.7 Å². The third kappa shape index (κ3) is 3.24. The lowest BCUT2D eigenvalue weighted by Crippen LogP contribution is -2.44. The average molecular weight is 307 g/mol. The fraction of sp³-hybridized carbons (Fsp3) is 0.588. The van der Waals surface area contributed by atoms with Gasteiger partial charge in [0.2, 0.25) is 0 Å². The SMILES string of the molecule is CC(Oc1ccc(F)cc1)C(=O)OC1CC2CCC(C1)N2C. The first-order valence-electron chi connectivity index (χ1n) is 7.87. The van der Waals surface area contributed by atoms with Gasteiger partial charge in [-0.3, -0.25) is 0 Å². The normalized spacial score (nSPS) is 29.1. The Kier molecular flexibility index (Phi) is 4.34. The van der Waals surface area contributed by atoms with E-state index in [0.29, 0.717) is 17.8 Å². The van der Waals surface area contributed by atoms with Crippen molar-refractivity contribution >= 4 is 5.97 Å². The third-order valence-electron chi connectivity index (χ3n) is 4.80. The highest BCUT2D eigenvalue weighted by atomic mass is 19.1. The molecular formula is C17H22FNO3. The molecule has 1 aromatic carbocycles. The number of carbonyl (C=O) groups is 1. The summed E-state index contributed by atoms with van der Waals surface area (Å²) >= 11 is 0. The summed E-state index contributed by atoms with van der Waals surface area (Å²) in [7, 11) is 2.15. The molecule has 2 fully saturated rings. The molecule has 2 bridgehead atoms. The lowest BCUT2D eigenvalue weighted by atomic mass is 10.0. The molecule has 0 saturated carbocycles. The van der Waals surface area contributed by atoms with E-state index in [2.05, 4.69) is 11.9 Å². The number of rotatable bonds is 4. The molecule has 0 N–H and O–H groups in total. The molecule has 0 spiro atoms. The van der Waals surface area contributed by atoms with Crippen LogP contribution in [0.3, 0.4) is 0 Å². The first-order chi connectivity index (χ1) is 10.5. The molecule has 0 amide bonds. The molecule has 22 heavy (non-hydrogen) atoms. The minimum Gasteiger partial charge on any atom is -0.479 e. The van der Waals surface area contributed by atoms with Crippen molar-refractivity contribution in [3.05, 3.63) is 30.1 Å². The molecule has 5 heteroatoms. The largest absolute Gasteiger partial charge is 0.479 e. The Balaban J connectivity index is 1.52. The Bertz CT molecular complexity index is 519. The molecular weight excluding hydrogens is 285 g/mol. The molecule has 4 nitrogen and oxygen atoms in total. The van der Waals surface area contributed by atoms with Crippen molar-refractivity contribution in [2.24, 2.45) is 0 Å². The first kappa shape index (κ1) is 15.3. The summed E-state index contributed by atoms with van der Waals surface area (Å²) in [6, 6.07) is 6.70. The second-order valence-corrected chi connectivity index (χ2v) is 6.29. The van der Waals surface area contributed by atoms with Crippen molar-refractivity contribution < 1.29 is 18.7 Å². The summed E-state index contributed by atoms with van der Waals surface area (Å²) in [4.78, 5) is 14.6. The van der Waals surface area contributed by atoms with Crippen molar-refractivity contribution in [3.63, 3.8) is 0 Å². The highest BCUT2D eigenvalue weighted by Gasteiger charge is 2.40. The van der Waals surface area contributed by atoms with Gasteiger partial charge in [-0.25, -0.2) is 9.18 Å². The van der Waals surface area contributed by atoms with E-state index >= 15 is 0 Å². The average Bonchev–Trinajstić information content (AvgIpc) is 2.72. The van der Waals surface area contributed by atoms with Crippen LogP contribution >= 0.6 is 0 Å². The molecule has 3 atom stereocenters. The standard InChI is InChI=1S/C17H22FNO3/c1-11(21-15-7-3-12(18)4-8-15)17(20)22-16-9-13-5-6-14(10-16)19(13)2/h3-4,7-8,11,13-14,16H,5-6,9-10H2,1-2H3. The quantitative estimate of drug-likeness (QED) is 0.802. The van der Waals surface area contributed by atoms with Gasteiger partial charge >= 0.3 is 5.97 Å². The minimum atomic E-state index is -0.692. The maximum Gasteiger partial charge on any atom is 0.347 e. The Morgan fingerprint density at radius 3 is 2.41 bits per heavy atom. The predicted octanol–water partition coefficient (Wildman–Crippen LogP) is 2.76. The second kappa shape index (κ2) is 6.24. The van der Waals surface area contributed by atoms with Crippen molar-refractivity contribution in [2.45, 2.75) is 56.9 Å². The fourth-order valence-electron chi connectivity index (χ4n) is 3.48. The van der Waals surface area contributed by atoms with Crippen LogP contribution in [-0.2, 0) is 9.53 Å². The number of ether oxygens (including phenoxy) is 2. The summed E-state index contributed by atoms with van der Waals surface area (Å²) in [6.45, 7) is 1.66. The molecule has 3 rings (SSSR count). The number of nitrogens with zero attached hydrogens (tertiary/aromatic N) is 1. The molecule has 2 heterocycles. The monoisotopic (exact) mass is 307 g/mol. The lowest BCUT2D eigenvalue weighted by Gasteiger charge is -2.36. The maximum atomic E-state index is 12.9. The zero-order chi connectivity index (χ0) is 15.7. The summed E-state index contributed by atoms with van der Waals surface area (Å²) in [5.74, 6) is -0.211. The van der Waals surface area contributed by atoms with Crippen LogP contribution in [0.15, 0.2) is 24.3 Å². The van der Waals surface area contributed by atoms with Gasteiger partial charge in [-0.05, 0) is 63.9 Å². The zero-order valence-corrected chi connectivity index (χ0v) is 13.0. The topological polar surface area (TPSA) is 38.8 Å². The number of hydrogen-bond donors (Lipinski definition) is 0. The zero-order valence-electron chi connectivity index (χ0n) is 13.0. The Morgan fingerprint density at radius 1 is 1.23 bits per heavy atom. The summed E-state index contributed by atoms with van der Waals surface area (Å²) in [5, 5.41) is 0. The van der Waals surface area contributed by atoms with Crippen molar-refractivity contribution in [1.82, 2.24) is 4.90 Å². The van der Waals surface area contributed by atoms with Crippen molar-refractivity contribution in [3.8, 4) is 5.75 Å². The fourth-order valence-corrected chi connectivity index (χ4v) is 3.48. The molecule has 2 saturated heterocycles. The van der Waals surface area contributed by atoms with Gasteiger partial charge in [0.15, 0.2) is 6.10 Å². The van der Waals surface area contributed by atoms with Crippen LogP contribution < -0.4 is 4.74 Å². The van der Waals surface area contributed by atoms with E-state index in [-0.39, 0.29) is 17.9 Å². The smallest absolute Gasteiger partial charge is 0.347 e. The Morgan fingerprint density at radius 2 is 1.82 bits per heavy atom. The van der Waals surface area contributed by atoms with Crippen LogP contribution in [-0.4, -0.2) is 42.2 Å². The van der Waals surface area contributed by atoms with Gasteiger partial charge in [0.05, 0.1) is 0 Å². The van der Waals surface area contributed by atoms with Crippen LogP contribution in [0, 0.1) is 5.82 Å². The van der Waals surface area contributed by atoms with Crippen LogP contribution in [0.4, 0.5) is 4.39 Å². The van der Waals surface area contributed by atoms with E-state index in [1.54, 1.807) is 6.92 Å². The minimum absolute atomic E-state index is 0.0135. The summed E-state index contributed by atoms with van der Waals surface area (Å²) < 4.78 is 24.0. The lowest BCUT2D eigenvalue weighted by molar-refractivity contribution is -0.159. The number of piperidine rings is 1. The highest BCUT2D eigenvalue weighted by Crippen LogP contribution is 2.35. The van der Waals surface area contributed by atoms with E-state index < -0.39 is 6.10 Å². The number of halogens is 1. The molecule has 3 unspecified atom stereocenters. The number of carbonyl (C=O) groups excluding carboxylic acids is 1. The summed E-state index contributed by atoms with van der Waals surface area (Å²) in [5.41, 5.74) is 0. The van der Waals surface area contributed by atoms with Crippen LogP contribution in [0.25, 0.3) is 0 Å². The molecule has 1 aromatic rings. The van der Waals surface area contributed by atoms with E-state index in [9.17, 15) is 9.18 Å². The molecule has 120 valence electrons. The van der Waals surface area contributed by atoms with Crippen molar-refractivity contribution in [1.29, 1.82) is 0 Å². The third-order valence-corrected chi connectivity index (χ3v) is 4.80. The van der Waals surface area contributed by atoms with Gasteiger partial charge in [-0.15, -0.1) is 0 Å². The highest BCUT2D eigenvalue weighted by molar-refractivity contribution is 5.74. The maximum absolute atomic E-state index is 12.9. The van der Waals surface area contributed by atoms with Crippen LogP contribution in [0.2, 0.25) is 0 Å².